The van der Waals surface area contributed by atoms with E-state index in [1.165, 1.54) is 28.9 Å². The zero-order chi connectivity index (χ0) is 18.4. The third-order valence-corrected chi connectivity index (χ3v) is 4.91. The summed E-state index contributed by atoms with van der Waals surface area (Å²) in [6.07, 6.45) is 3.53. The van der Waals surface area contributed by atoms with Crippen molar-refractivity contribution < 1.29 is 14.9 Å². The number of carbonyl (C=O) groups excluding carboxylic acids is 2. The van der Waals surface area contributed by atoms with Gasteiger partial charge >= 0.3 is 6.03 Å². The van der Waals surface area contributed by atoms with Gasteiger partial charge in [0, 0.05) is 24.6 Å². The first-order chi connectivity index (χ1) is 11.9. The highest BCUT2D eigenvalue weighted by molar-refractivity contribution is 5.97. The number of nitrogens with one attached hydrogen (secondary N) is 1. The van der Waals surface area contributed by atoms with E-state index in [0.29, 0.717) is 19.0 Å². The average molecular weight is 346 g/mol. The molecule has 3 amide bonds. The maximum absolute atomic E-state index is 12.6. The molecule has 0 radical (unpaired) electrons. The second-order valence-corrected chi connectivity index (χ2v) is 7.32. The van der Waals surface area contributed by atoms with E-state index in [0.717, 1.165) is 6.42 Å². The van der Waals surface area contributed by atoms with E-state index in [9.17, 15) is 9.59 Å². The summed E-state index contributed by atoms with van der Waals surface area (Å²) in [5, 5.41) is 4.79. The number of urea groups is 1. The monoisotopic (exact) mass is 346 g/mol. The first-order valence-corrected chi connectivity index (χ1v) is 9.47. The summed E-state index contributed by atoms with van der Waals surface area (Å²) >= 11 is 0. The summed E-state index contributed by atoms with van der Waals surface area (Å²) in [4.78, 5) is 25.6. The van der Waals surface area contributed by atoms with Crippen LogP contribution in [0.5, 0.6) is 0 Å². The Labute approximate surface area is 151 Å². The van der Waals surface area contributed by atoms with Crippen LogP contribution in [0.15, 0.2) is 24.3 Å². The molecule has 5 nitrogen and oxygen atoms in total. The second-order valence-electron chi connectivity index (χ2n) is 7.32. The molecule has 1 aliphatic rings. The number of hydrogen-bond donors (Lipinski definition) is 2. The third-order valence-electron chi connectivity index (χ3n) is 4.91. The number of nitrogens with zero attached hydrogens (tertiary/aromatic N) is 1. The van der Waals surface area contributed by atoms with E-state index < -0.39 is 0 Å². The summed E-state index contributed by atoms with van der Waals surface area (Å²) < 4.78 is 0. The molecule has 1 heterocycles. The number of carbonyl (C=O) groups is 2. The van der Waals surface area contributed by atoms with Gasteiger partial charge in [0.1, 0.15) is 6.04 Å². The van der Waals surface area contributed by atoms with E-state index in [4.69, 9.17) is 0 Å². The predicted molar refractivity (Wildman–Crippen MR) is 99.1 cm³/mol. The molecule has 25 heavy (non-hydrogen) atoms. The molecule has 0 aliphatic carbocycles. The summed E-state index contributed by atoms with van der Waals surface area (Å²) in [5.74, 6) is 0.282. The predicted octanol–water partition coefficient (Wildman–Crippen LogP) is 2.23. The maximum atomic E-state index is 12.6. The SMILES string of the molecule is CCCCc1ccc([C@H]([NH2+][C@H](C)C(=O)N2CCNC2=O)C(C)C)cc1. The fourth-order valence-corrected chi connectivity index (χ4v) is 3.33. The zero-order valence-corrected chi connectivity index (χ0v) is 15.9. The highest BCUT2D eigenvalue weighted by Gasteiger charge is 2.33. The van der Waals surface area contributed by atoms with Gasteiger partial charge in [0.15, 0.2) is 6.04 Å². The van der Waals surface area contributed by atoms with Crippen molar-refractivity contribution in [1.82, 2.24) is 10.2 Å². The van der Waals surface area contributed by atoms with Crippen molar-refractivity contribution in [3.8, 4) is 0 Å². The number of imide groups is 1. The molecule has 1 aliphatic heterocycles. The van der Waals surface area contributed by atoms with Crippen LogP contribution in [0.1, 0.15) is 57.7 Å². The number of rotatable bonds is 8. The van der Waals surface area contributed by atoms with Crippen LogP contribution in [0.2, 0.25) is 0 Å². The van der Waals surface area contributed by atoms with Gasteiger partial charge in [-0.2, -0.15) is 0 Å². The van der Waals surface area contributed by atoms with Gasteiger partial charge in [0.05, 0.1) is 0 Å². The minimum atomic E-state index is -0.281. The Morgan fingerprint density at radius 1 is 1.24 bits per heavy atom. The zero-order valence-electron chi connectivity index (χ0n) is 15.9. The lowest BCUT2D eigenvalue weighted by Crippen LogP contribution is -2.93. The summed E-state index contributed by atoms with van der Waals surface area (Å²) in [6, 6.07) is 8.42. The number of aryl methyl sites for hydroxylation is 1. The van der Waals surface area contributed by atoms with Gasteiger partial charge in [-0.15, -0.1) is 0 Å². The van der Waals surface area contributed by atoms with Gasteiger partial charge in [-0.3, -0.25) is 9.69 Å². The van der Waals surface area contributed by atoms with Crippen molar-refractivity contribution in [2.24, 2.45) is 5.92 Å². The van der Waals surface area contributed by atoms with Crippen LogP contribution in [-0.2, 0) is 11.2 Å². The first kappa shape index (κ1) is 19.4. The molecule has 3 N–H and O–H groups in total. The second kappa shape index (κ2) is 8.99. The fraction of sp³-hybridized carbons (Fsp3) is 0.600. The molecule has 2 atom stereocenters. The Bertz CT molecular complexity index is 583. The Morgan fingerprint density at radius 2 is 1.92 bits per heavy atom. The van der Waals surface area contributed by atoms with Crippen molar-refractivity contribution in [3.05, 3.63) is 35.4 Å². The Morgan fingerprint density at radius 3 is 2.44 bits per heavy atom. The van der Waals surface area contributed by atoms with Gasteiger partial charge in [0.25, 0.3) is 5.91 Å². The molecule has 1 fully saturated rings. The van der Waals surface area contributed by atoms with Crippen molar-refractivity contribution in [1.29, 1.82) is 0 Å². The highest BCUT2D eigenvalue weighted by atomic mass is 16.2. The third kappa shape index (κ3) is 5.05. The van der Waals surface area contributed by atoms with Gasteiger partial charge < -0.3 is 10.6 Å². The number of unbranched alkanes of at least 4 members (excludes halogenated alkanes) is 1. The van der Waals surface area contributed by atoms with E-state index in [1.54, 1.807) is 0 Å². The topological polar surface area (TPSA) is 66.0 Å². The number of nitrogens with two attached hydrogens (primary N) is 1. The smallest absolute Gasteiger partial charge is 0.324 e. The minimum Gasteiger partial charge on any atom is -0.336 e. The summed E-state index contributed by atoms with van der Waals surface area (Å²) in [5.41, 5.74) is 2.60. The van der Waals surface area contributed by atoms with Crippen molar-refractivity contribution in [2.75, 3.05) is 13.1 Å². The Kier molecular flexibility index (Phi) is 7.00. The normalized spacial score (nSPS) is 16.8. The van der Waals surface area contributed by atoms with Crippen molar-refractivity contribution in [3.63, 3.8) is 0 Å². The van der Waals surface area contributed by atoms with Crippen LogP contribution < -0.4 is 10.6 Å². The molecule has 0 unspecified atom stereocenters. The largest absolute Gasteiger partial charge is 0.336 e. The molecule has 1 aromatic rings. The molecule has 2 rings (SSSR count). The van der Waals surface area contributed by atoms with Crippen LogP contribution in [0.25, 0.3) is 0 Å². The van der Waals surface area contributed by atoms with Crippen molar-refractivity contribution >= 4 is 11.9 Å². The summed E-state index contributed by atoms with van der Waals surface area (Å²) in [6.45, 7) is 9.45. The van der Waals surface area contributed by atoms with E-state index >= 15 is 0 Å². The molecular weight excluding hydrogens is 314 g/mol. The molecule has 1 saturated heterocycles. The number of benzene rings is 1. The van der Waals surface area contributed by atoms with Crippen LogP contribution in [0.4, 0.5) is 4.79 Å². The first-order valence-electron chi connectivity index (χ1n) is 9.47. The Balaban J connectivity index is 2.04. The highest BCUT2D eigenvalue weighted by Crippen LogP contribution is 2.19. The lowest BCUT2D eigenvalue weighted by atomic mass is 9.93. The molecule has 1 aromatic carbocycles. The molecular formula is C20H32N3O2+. The van der Waals surface area contributed by atoms with Crippen LogP contribution in [-0.4, -0.2) is 36.0 Å². The lowest BCUT2D eigenvalue weighted by Gasteiger charge is -2.25. The lowest BCUT2D eigenvalue weighted by molar-refractivity contribution is -0.719. The number of quaternary nitrogens is 1. The molecule has 0 bridgehead atoms. The van der Waals surface area contributed by atoms with Crippen LogP contribution in [0, 0.1) is 5.92 Å². The quantitative estimate of drug-likeness (QED) is 0.758. The van der Waals surface area contributed by atoms with Gasteiger partial charge in [-0.1, -0.05) is 51.5 Å². The summed E-state index contributed by atoms with van der Waals surface area (Å²) in [7, 11) is 0. The molecule has 138 valence electrons. The number of amides is 3. The standard InChI is InChI=1S/C20H31N3O2/c1-5-6-7-16-8-10-17(11-9-16)18(14(2)3)22-15(4)19(24)23-13-12-21-20(23)25/h8-11,14-15,18,22H,5-7,12-13H2,1-4H3,(H,21,25)/p+1/t15-,18-/m1/s1. The van der Waals surface area contributed by atoms with E-state index in [2.05, 4.69) is 55.7 Å². The molecule has 5 heteroatoms. The van der Waals surface area contributed by atoms with Crippen molar-refractivity contribution in [2.45, 2.75) is 59.0 Å². The molecule has 0 aromatic heterocycles. The van der Waals surface area contributed by atoms with Gasteiger partial charge in [0.2, 0.25) is 0 Å². The molecule has 0 spiro atoms. The van der Waals surface area contributed by atoms with Crippen LogP contribution >= 0.6 is 0 Å². The van der Waals surface area contributed by atoms with Gasteiger partial charge in [-0.05, 0) is 25.3 Å². The number of hydrogen-bond acceptors (Lipinski definition) is 2. The average Bonchev–Trinajstić information content (AvgIpc) is 3.03. The van der Waals surface area contributed by atoms with Crippen LogP contribution in [0.3, 0.4) is 0 Å². The van der Waals surface area contributed by atoms with E-state index in [1.807, 2.05) is 6.92 Å². The maximum Gasteiger partial charge on any atom is 0.324 e. The fourth-order valence-electron chi connectivity index (χ4n) is 3.33. The van der Waals surface area contributed by atoms with E-state index in [-0.39, 0.29) is 24.0 Å². The Hall–Kier alpha value is -1.88. The minimum absolute atomic E-state index is 0.111. The van der Waals surface area contributed by atoms with Gasteiger partial charge in [-0.25, -0.2) is 4.79 Å². The molecule has 0 saturated carbocycles.